The summed E-state index contributed by atoms with van der Waals surface area (Å²) in [5.41, 5.74) is 5.45. The van der Waals surface area contributed by atoms with Gasteiger partial charge in [0, 0.05) is 25.3 Å². The van der Waals surface area contributed by atoms with Crippen LogP contribution in [-0.2, 0) is 9.84 Å². The quantitative estimate of drug-likeness (QED) is 0.654. The third-order valence-corrected chi connectivity index (χ3v) is 3.24. The predicted octanol–water partition coefficient (Wildman–Crippen LogP) is -0.115. The van der Waals surface area contributed by atoms with E-state index in [1.807, 2.05) is 18.9 Å². The molecule has 0 aliphatic heterocycles. The van der Waals surface area contributed by atoms with Crippen molar-refractivity contribution in [2.45, 2.75) is 6.92 Å². The van der Waals surface area contributed by atoms with Gasteiger partial charge in [0.15, 0.2) is 0 Å². The monoisotopic (exact) mass is 238 g/mol. The lowest BCUT2D eigenvalue weighted by Gasteiger charge is -2.19. The Labute approximate surface area is 91.4 Å². The number of thiocarbonyl (C=S) groups is 1. The van der Waals surface area contributed by atoms with Gasteiger partial charge >= 0.3 is 0 Å². The minimum atomic E-state index is -2.88. The van der Waals surface area contributed by atoms with Crippen molar-refractivity contribution in [3.8, 4) is 0 Å². The van der Waals surface area contributed by atoms with Gasteiger partial charge in [0.05, 0.1) is 10.7 Å². The summed E-state index contributed by atoms with van der Waals surface area (Å²) in [6.07, 6.45) is 1.23. The van der Waals surface area contributed by atoms with E-state index in [0.717, 1.165) is 0 Å². The van der Waals surface area contributed by atoms with Crippen LogP contribution in [0.3, 0.4) is 0 Å². The molecule has 0 amide bonds. The van der Waals surface area contributed by atoms with Crippen molar-refractivity contribution in [1.82, 2.24) is 4.90 Å². The highest BCUT2D eigenvalue weighted by atomic mass is 32.2. The van der Waals surface area contributed by atoms with E-state index in [2.05, 4.69) is 0 Å². The molecule has 14 heavy (non-hydrogen) atoms. The Morgan fingerprint density at radius 2 is 2.07 bits per heavy atom. The molecule has 0 aromatic carbocycles. The van der Waals surface area contributed by atoms with Crippen LogP contribution in [0.1, 0.15) is 6.92 Å². The van der Waals surface area contributed by atoms with Crippen molar-refractivity contribution < 1.29 is 8.42 Å². The Bertz CT molecular complexity index is 288. The maximum atomic E-state index is 10.9. The lowest BCUT2D eigenvalue weighted by molar-refractivity contribution is 0.332. The Hall–Kier alpha value is -0.200. The lowest BCUT2D eigenvalue weighted by Crippen LogP contribution is -2.34. The molecular formula is C8H18N2O2S2. The second-order valence-electron chi connectivity index (χ2n) is 3.70. The van der Waals surface area contributed by atoms with Crippen molar-refractivity contribution >= 4 is 27.0 Å². The van der Waals surface area contributed by atoms with E-state index in [1.165, 1.54) is 6.26 Å². The van der Waals surface area contributed by atoms with Crippen LogP contribution in [0.4, 0.5) is 0 Å². The van der Waals surface area contributed by atoms with Gasteiger partial charge in [-0.3, -0.25) is 0 Å². The van der Waals surface area contributed by atoms with Crippen molar-refractivity contribution in [2.75, 3.05) is 32.1 Å². The predicted molar refractivity (Wildman–Crippen MR) is 63.2 cm³/mol. The minimum Gasteiger partial charge on any atom is -0.393 e. The molecule has 0 saturated heterocycles. The van der Waals surface area contributed by atoms with Gasteiger partial charge in [-0.15, -0.1) is 0 Å². The maximum absolute atomic E-state index is 10.9. The number of hydrogen-bond donors (Lipinski definition) is 1. The molecular weight excluding hydrogens is 220 g/mol. The van der Waals surface area contributed by atoms with Crippen molar-refractivity contribution in [3.05, 3.63) is 0 Å². The van der Waals surface area contributed by atoms with Crippen LogP contribution >= 0.6 is 12.2 Å². The fourth-order valence-electron chi connectivity index (χ4n) is 0.970. The standard InChI is InChI=1S/C8H18N2O2S2/c1-7(8(9)13)6-10(2)4-5-14(3,11)12/h7H,4-6H2,1-3H3,(H2,9,13). The summed E-state index contributed by atoms with van der Waals surface area (Å²) < 4.78 is 21.8. The molecule has 4 nitrogen and oxygen atoms in total. The highest BCUT2D eigenvalue weighted by Gasteiger charge is 2.10. The van der Waals surface area contributed by atoms with Gasteiger partial charge in [-0.25, -0.2) is 8.42 Å². The van der Waals surface area contributed by atoms with Gasteiger partial charge in [0.25, 0.3) is 0 Å². The second kappa shape index (κ2) is 5.63. The van der Waals surface area contributed by atoms with Crippen LogP contribution in [0, 0.1) is 5.92 Å². The van der Waals surface area contributed by atoms with Crippen LogP contribution in [0.5, 0.6) is 0 Å². The van der Waals surface area contributed by atoms with E-state index in [0.29, 0.717) is 18.1 Å². The number of nitrogens with two attached hydrogens (primary N) is 1. The molecule has 0 bridgehead atoms. The summed E-state index contributed by atoms with van der Waals surface area (Å²) in [6.45, 7) is 3.15. The first kappa shape index (κ1) is 13.8. The zero-order valence-electron chi connectivity index (χ0n) is 8.86. The highest BCUT2D eigenvalue weighted by molar-refractivity contribution is 7.90. The SMILES string of the molecule is CC(CN(C)CCS(C)(=O)=O)C(N)=S. The molecule has 0 spiro atoms. The third kappa shape index (κ3) is 7.23. The zero-order valence-corrected chi connectivity index (χ0v) is 10.5. The molecule has 0 saturated carbocycles. The summed E-state index contributed by atoms with van der Waals surface area (Å²) in [6, 6.07) is 0. The number of sulfone groups is 1. The van der Waals surface area contributed by atoms with E-state index < -0.39 is 9.84 Å². The topological polar surface area (TPSA) is 63.4 Å². The van der Waals surface area contributed by atoms with Crippen LogP contribution in [0.2, 0.25) is 0 Å². The summed E-state index contributed by atoms with van der Waals surface area (Å²) in [5, 5.41) is 0. The molecule has 0 aliphatic carbocycles. The molecule has 0 radical (unpaired) electrons. The molecule has 0 aliphatic rings. The molecule has 2 N–H and O–H groups in total. The fourth-order valence-corrected chi connectivity index (χ4v) is 1.69. The lowest BCUT2D eigenvalue weighted by atomic mass is 10.2. The molecule has 0 fully saturated rings. The molecule has 6 heteroatoms. The zero-order chi connectivity index (χ0) is 11.4. The number of nitrogens with zero attached hydrogens (tertiary/aromatic N) is 1. The first-order valence-electron chi connectivity index (χ1n) is 4.38. The molecule has 0 aromatic rings. The largest absolute Gasteiger partial charge is 0.393 e. The Morgan fingerprint density at radius 1 is 1.57 bits per heavy atom. The summed E-state index contributed by atoms with van der Waals surface area (Å²) >= 11 is 4.83. The average Bonchev–Trinajstić information content (AvgIpc) is 1.99. The minimum absolute atomic E-state index is 0.120. The fraction of sp³-hybridized carbons (Fsp3) is 0.875. The summed E-state index contributed by atoms with van der Waals surface area (Å²) in [7, 11) is -1.02. The molecule has 0 rings (SSSR count). The van der Waals surface area contributed by atoms with E-state index >= 15 is 0 Å². The Kier molecular flexibility index (Phi) is 5.54. The second-order valence-corrected chi connectivity index (χ2v) is 6.43. The average molecular weight is 238 g/mol. The van der Waals surface area contributed by atoms with Crippen LogP contribution in [0.15, 0.2) is 0 Å². The molecule has 1 atom stereocenters. The van der Waals surface area contributed by atoms with Crippen molar-refractivity contribution in [2.24, 2.45) is 11.7 Å². The van der Waals surface area contributed by atoms with Gasteiger partial charge in [0.2, 0.25) is 0 Å². The van der Waals surface area contributed by atoms with Crippen LogP contribution < -0.4 is 5.73 Å². The normalized spacial score (nSPS) is 14.3. The molecule has 0 heterocycles. The highest BCUT2D eigenvalue weighted by Crippen LogP contribution is 1.98. The Balaban J connectivity index is 3.88. The van der Waals surface area contributed by atoms with Gasteiger partial charge in [-0.2, -0.15) is 0 Å². The molecule has 84 valence electrons. The number of hydrogen-bond acceptors (Lipinski definition) is 4. The third-order valence-electron chi connectivity index (χ3n) is 1.92. The van der Waals surface area contributed by atoms with Crippen LogP contribution in [0.25, 0.3) is 0 Å². The van der Waals surface area contributed by atoms with Gasteiger partial charge in [-0.05, 0) is 7.05 Å². The maximum Gasteiger partial charge on any atom is 0.148 e. The van der Waals surface area contributed by atoms with E-state index in [-0.39, 0.29) is 11.7 Å². The summed E-state index contributed by atoms with van der Waals surface area (Å²) in [5.74, 6) is 0.294. The first-order chi connectivity index (χ1) is 6.22. The van der Waals surface area contributed by atoms with E-state index in [1.54, 1.807) is 0 Å². The van der Waals surface area contributed by atoms with Crippen molar-refractivity contribution in [3.63, 3.8) is 0 Å². The van der Waals surface area contributed by atoms with E-state index in [4.69, 9.17) is 18.0 Å². The Morgan fingerprint density at radius 3 is 2.43 bits per heavy atom. The van der Waals surface area contributed by atoms with Crippen LogP contribution in [-0.4, -0.2) is 50.5 Å². The van der Waals surface area contributed by atoms with Gasteiger partial charge in [0.1, 0.15) is 9.84 Å². The molecule has 1 unspecified atom stereocenters. The summed E-state index contributed by atoms with van der Waals surface area (Å²) in [4.78, 5) is 2.39. The molecule has 0 aromatic heterocycles. The van der Waals surface area contributed by atoms with Gasteiger partial charge < -0.3 is 10.6 Å². The number of rotatable bonds is 6. The van der Waals surface area contributed by atoms with E-state index in [9.17, 15) is 8.42 Å². The smallest absolute Gasteiger partial charge is 0.148 e. The van der Waals surface area contributed by atoms with Gasteiger partial charge in [-0.1, -0.05) is 19.1 Å². The van der Waals surface area contributed by atoms with Crippen molar-refractivity contribution in [1.29, 1.82) is 0 Å². The first-order valence-corrected chi connectivity index (χ1v) is 6.85.